The second-order valence-electron chi connectivity index (χ2n) is 4.90. The number of nitrogens with zero attached hydrogens (tertiary/aromatic N) is 1. The lowest BCUT2D eigenvalue weighted by Gasteiger charge is -2.10. The van der Waals surface area contributed by atoms with E-state index < -0.39 is 11.5 Å². The molecule has 22 heavy (non-hydrogen) atoms. The van der Waals surface area contributed by atoms with Gasteiger partial charge in [0.2, 0.25) is 0 Å². The molecule has 1 aromatic heterocycles. The highest BCUT2D eigenvalue weighted by molar-refractivity contribution is 5.85. The van der Waals surface area contributed by atoms with Crippen LogP contribution in [0.2, 0.25) is 0 Å². The zero-order valence-electron chi connectivity index (χ0n) is 12.2. The fourth-order valence-corrected chi connectivity index (χ4v) is 1.85. The van der Waals surface area contributed by atoms with Crippen LogP contribution < -0.4 is 10.3 Å². The topological polar surface area (TPSA) is 92.3 Å². The number of aromatic amines is 1. The number of aromatic nitrogens is 2. The van der Waals surface area contributed by atoms with Crippen molar-refractivity contribution in [3.8, 4) is 17.0 Å². The molecule has 6 nitrogen and oxygen atoms in total. The van der Waals surface area contributed by atoms with E-state index in [2.05, 4.69) is 10.2 Å². The number of aliphatic carboxylic acids is 1. The minimum absolute atomic E-state index is 0.0489. The van der Waals surface area contributed by atoms with E-state index in [1.165, 1.54) is 12.1 Å². The zero-order chi connectivity index (χ0) is 16.1. The van der Waals surface area contributed by atoms with Gasteiger partial charge in [0.15, 0.2) is 0 Å². The van der Waals surface area contributed by atoms with Crippen molar-refractivity contribution in [2.45, 2.75) is 20.0 Å². The predicted molar refractivity (Wildman–Crippen MR) is 82.7 cm³/mol. The first-order chi connectivity index (χ1) is 10.5. The minimum Gasteiger partial charge on any atom is -0.491 e. The van der Waals surface area contributed by atoms with Crippen LogP contribution in [0.1, 0.15) is 19.4 Å². The van der Waals surface area contributed by atoms with Crippen LogP contribution in [0.4, 0.5) is 0 Å². The van der Waals surface area contributed by atoms with Gasteiger partial charge in [-0.15, -0.1) is 0 Å². The lowest BCUT2D eigenvalue weighted by molar-refractivity contribution is -0.131. The SMILES string of the molecule is CC(C)Oc1cccc(-c2cc(/C=C/C(=O)O)c(=O)[nH]n2)c1. The minimum atomic E-state index is -1.12. The average molecular weight is 300 g/mol. The van der Waals surface area contributed by atoms with E-state index in [-0.39, 0.29) is 11.7 Å². The number of carboxylic acid groups (broad SMARTS) is 1. The Bertz CT molecular complexity index is 763. The molecule has 1 heterocycles. The molecule has 0 spiro atoms. The Morgan fingerprint density at radius 1 is 1.36 bits per heavy atom. The quantitative estimate of drug-likeness (QED) is 0.827. The smallest absolute Gasteiger partial charge is 0.328 e. The summed E-state index contributed by atoms with van der Waals surface area (Å²) in [6.07, 6.45) is 2.20. The standard InChI is InChI=1S/C16H16N2O4/c1-10(2)22-13-5-3-4-11(8-13)14-9-12(6-7-15(19)20)16(21)18-17-14/h3-10H,1-2H3,(H,18,21)(H,19,20)/b7-6+. The Kier molecular flexibility index (Phi) is 4.73. The van der Waals surface area contributed by atoms with E-state index in [9.17, 15) is 9.59 Å². The predicted octanol–water partition coefficient (Wildman–Crippen LogP) is 2.32. The van der Waals surface area contributed by atoms with Crippen molar-refractivity contribution < 1.29 is 14.6 Å². The number of hydrogen-bond acceptors (Lipinski definition) is 4. The van der Waals surface area contributed by atoms with E-state index in [4.69, 9.17) is 9.84 Å². The lowest BCUT2D eigenvalue weighted by Crippen LogP contribution is -2.12. The summed E-state index contributed by atoms with van der Waals surface area (Å²) in [5.41, 5.74) is 1.07. The summed E-state index contributed by atoms with van der Waals surface area (Å²) in [7, 11) is 0. The number of carboxylic acids is 1. The molecule has 0 aliphatic carbocycles. The number of carbonyl (C=O) groups is 1. The van der Waals surface area contributed by atoms with Gasteiger partial charge in [-0.3, -0.25) is 4.79 Å². The third kappa shape index (κ3) is 4.05. The van der Waals surface area contributed by atoms with Crippen LogP contribution >= 0.6 is 0 Å². The summed E-state index contributed by atoms with van der Waals surface area (Å²) >= 11 is 0. The second-order valence-corrected chi connectivity index (χ2v) is 4.90. The Morgan fingerprint density at radius 3 is 2.82 bits per heavy atom. The normalized spacial score (nSPS) is 11.0. The van der Waals surface area contributed by atoms with E-state index in [1.807, 2.05) is 38.1 Å². The Morgan fingerprint density at radius 2 is 2.14 bits per heavy atom. The second kappa shape index (κ2) is 6.71. The third-order valence-corrected chi connectivity index (χ3v) is 2.74. The summed E-state index contributed by atoms with van der Waals surface area (Å²) in [5.74, 6) is -0.423. The van der Waals surface area contributed by atoms with Crippen LogP contribution in [0.15, 0.2) is 41.2 Å². The van der Waals surface area contributed by atoms with Gasteiger partial charge in [-0.1, -0.05) is 12.1 Å². The number of H-pyrrole nitrogens is 1. The summed E-state index contributed by atoms with van der Waals surface area (Å²) in [6, 6.07) is 8.84. The number of benzene rings is 1. The van der Waals surface area contributed by atoms with E-state index in [1.54, 1.807) is 0 Å². The van der Waals surface area contributed by atoms with Crippen LogP contribution in [0, 0.1) is 0 Å². The fourth-order valence-electron chi connectivity index (χ4n) is 1.85. The molecular formula is C16H16N2O4. The largest absolute Gasteiger partial charge is 0.491 e. The lowest BCUT2D eigenvalue weighted by atomic mass is 10.1. The van der Waals surface area contributed by atoms with Gasteiger partial charge < -0.3 is 9.84 Å². The number of hydrogen-bond donors (Lipinski definition) is 2. The van der Waals surface area contributed by atoms with Crippen LogP contribution in [0.25, 0.3) is 17.3 Å². The molecule has 0 aliphatic rings. The van der Waals surface area contributed by atoms with Crippen LogP contribution in [-0.2, 0) is 4.79 Å². The monoisotopic (exact) mass is 300 g/mol. The highest BCUT2D eigenvalue weighted by atomic mass is 16.5. The molecule has 114 valence electrons. The van der Waals surface area contributed by atoms with Crippen molar-refractivity contribution in [3.05, 3.63) is 52.3 Å². The van der Waals surface area contributed by atoms with Gasteiger partial charge in [0, 0.05) is 17.2 Å². The van der Waals surface area contributed by atoms with E-state index >= 15 is 0 Å². The maximum absolute atomic E-state index is 11.6. The van der Waals surface area contributed by atoms with Gasteiger partial charge in [0.05, 0.1) is 11.8 Å². The number of ether oxygens (including phenoxy) is 1. The Balaban J connectivity index is 2.39. The molecule has 0 amide bonds. The molecule has 2 rings (SSSR count). The highest BCUT2D eigenvalue weighted by Gasteiger charge is 2.06. The Labute approximate surface area is 127 Å². The van der Waals surface area contributed by atoms with Gasteiger partial charge in [-0.2, -0.15) is 5.10 Å². The molecule has 0 saturated carbocycles. The summed E-state index contributed by atoms with van der Waals surface area (Å²) in [4.78, 5) is 22.2. The first-order valence-electron chi connectivity index (χ1n) is 6.73. The number of nitrogens with one attached hydrogen (secondary N) is 1. The summed E-state index contributed by atoms with van der Waals surface area (Å²) in [5, 5.41) is 15.0. The van der Waals surface area contributed by atoms with Crippen LogP contribution in [0.3, 0.4) is 0 Å². The molecule has 6 heteroatoms. The molecule has 2 aromatic rings. The molecule has 0 aliphatic heterocycles. The van der Waals surface area contributed by atoms with E-state index in [0.29, 0.717) is 11.4 Å². The van der Waals surface area contributed by atoms with Crippen molar-refractivity contribution in [1.82, 2.24) is 10.2 Å². The highest BCUT2D eigenvalue weighted by Crippen LogP contribution is 2.22. The molecule has 0 saturated heterocycles. The fraction of sp³-hybridized carbons (Fsp3) is 0.188. The summed E-state index contributed by atoms with van der Waals surface area (Å²) < 4.78 is 5.62. The first-order valence-corrected chi connectivity index (χ1v) is 6.73. The molecule has 1 aromatic carbocycles. The summed E-state index contributed by atoms with van der Waals surface area (Å²) in [6.45, 7) is 3.86. The van der Waals surface area contributed by atoms with E-state index in [0.717, 1.165) is 11.6 Å². The average Bonchev–Trinajstić information content (AvgIpc) is 2.46. The van der Waals surface area contributed by atoms with Gasteiger partial charge in [0.1, 0.15) is 5.75 Å². The van der Waals surface area contributed by atoms with Crippen molar-refractivity contribution in [2.24, 2.45) is 0 Å². The van der Waals surface area contributed by atoms with Gasteiger partial charge in [0.25, 0.3) is 5.56 Å². The van der Waals surface area contributed by atoms with Gasteiger partial charge in [-0.25, -0.2) is 9.89 Å². The third-order valence-electron chi connectivity index (χ3n) is 2.74. The Hall–Kier alpha value is -2.89. The molecular weight excluding hydrogens is 284 g/mol. The van der Waals surface area contributed by atoms with Crippen molar-refractivity contribution in [1.29, 1.82) is 0 Å². The molecule has 0 bridgehead atoms. The first kappa shape index (κ1) is 15.5. The molecule has 0 radical (unpaired) electrons. The van der Waals surface area contributed by atoms with Crippen molar-refractivity contribution >= 4 is 12.0 Å². The molecule has 2 N–H and O–H groups in total. The van der Waals surface area contributed by atoms with Gasteiger partial charge >= 0.3 is 5.97 Å². The van der Waals surface area contributed by atoms with Crippen LogP contribution in [-0.4, -0.2) is 27.4 Å². The van der Waals surface area contributed by atoms with Crippen molar-refractivity contribution in [3.63, 3.8) is 0 Å². The molecule has 0 atom stereocenters. The zero-order valence-corrected chi connectivity index (χ0v) is 12.2. The maximum Gasteiger partial charge on any atom is 0.328 e. The molecule has 0 unspecified atom stereocenters. The number of rotatable bonds is 5. The van der Waals surface area contributed by atoms with Gasteiger partial charge in [-0.05, 0) is 38.1 Å². The maximum atomic E-state index is 11.6. The van der Waals surface area contributed by atoms with Crippen molar-refractivity contribution in [2.75, 3.05) is 0 Å². The molecule has 0 fully saturated rings. The van der Waals surface area contributed by atoms with Crippen LogP contribution in [0.5, 0.6) is 5.75 Å².